The number of thiophene rings is 1. The van der Waals surface area contributed by atoms with Crippen molar-refractivity contribution in [1.29, 1.82) is 0 Å². The normalized spacial score (nSPS) is 22.3. The van der Waals surface area contributed by atoms with Gasteiger partial charge in [-0.3, -0.25) is 0 Å². The standard InChI is InChI=1S/C13H20ClNO2S2/c1-11-3-2-9-15(10-7-11)19(16,17)13-5-4-12(18-13)6-8-14/h4-5,11H,2-3,6-10H2,1H3. The summed E-state index contributed by atoms with van der Waals surface area (Å²) in [7, 11) is -3.30. The molecule has 0 spiro atoms. The van der Waals surface area contributed by atoms with Crippen LogP contribution in [0.15, 0.2) is 16.3 Å². The molecule has 6 heteroatoms. The van der Waals surface area contributed by atoms with E-state index in [2.05, 4.69) is 6.92 Å². The van der Waals surface area contributed by atoms with Crippen LogP contribution in [0.4, 0.5) is 0 Å². The monoisotopic (exact) mass is 321 g/mol. The van der Waals surface area contributed by atoms with Crippen molar-refractivity contribution in [2.24, 2.45) is 5.92 Å². The number of rotatable bonds is 4. The van der Waals surface area contributed by atoms with Crippen LogP contribution >= 0.6 is 22.9 Å². The first-order chi connectivity index (χ1) is 9.04. The van der Waals surface area contributed by atoms with Crippen LogP contribution in [-0.2, 0) is 16.4 Å². The van der Waals surface area contributed by atoms with Crippen molar-refractivity contribution in [1.82, 2.24) is 4.31 Å². The fourth-order valence-corrected chi connectivity index (χ4v) is 5.65. The lowest BCUT2D eigenvalue weighted by Crippen LogP contribution is -2.31. The first-order valence-electron chi connectivity index (χ1n) is 6.69. The Labute approximate surface area is 124 Å². The molecule has 1 aromatic heterocycles. The van der Waals surface area contributed by atoms with E-state index in [1.165, 1.54) is 11.3 Å². The predicted octanol–water partition coefficient (Wildman–Crippen LogP) is 3.34. The van der Waals surface area contributed by atoms with E-state index in [1.807, 2.05) is 6.07 Å². The van der Waals surface area contributed by atoms with Gasteiger partial charge in [0.15, 0.2) is 0 Å². The highest BCUT2D eigenvalue weighted by Crippen LogP contribution is 2.28. The van der Waals surface area contributed by atoms with Gasteiger partial charge >= 0.3 is 0 Å². The molecule has 0 amide bonds. The maximum absolute atomic E-state index is 12.6. The van der Waals surface area contributed by atoms with Crippen LogP contribution in [0, 0.1) is 5.92 Å². The van der Waals surface area contributed by atoms with Gasteiger partial charge < -0.3 is 0 Å². The number of alkyl halides is 1. The molecule has 0 N–H and O–H groups in total. The Morgan fingerprint density at radius 3 is 2.89 bits per heavy atom. The second kappa shape index (κ2) is 6.57. The van der Waals surface area contributed by atoms with E-state index in [1.54, 1.807) is 10.4 Å². The summed E-state index contributed by atoms with van der Waals surface area (Å²) in [6, 6.07) is 3.59. The van der Waals surface area contributed by atoms with E-state index in [9.17, 15) is 8.42 Å². The number of halogens is 1. The Bertz CT molecular complexity index is 512. The Morgan fingerprint density at radius 1 is 1.37 bits per heavy atom. The van der Waals surface area contributed by atoms with Crippen molar-refractivity contribution >= 4 is 33.0 Å². The minimum atomic E-state index is -3.30. The largest absolute Gasteiger partial charge is 0.252 e. The summed E-state index contributed by atoms with van der Waals surface area (Å²) in [5.41, 5.74) is 0. The SMILES string of the molecule is CC1CCCN(S(=O)(=O)c2ccc(CCCl)s2)CC1. The molecule has 108 valence electrons. The highest BCUT2D eigenvalue weighted by atomic mass is 35.5. The van der Waals surface area contributed by atoms with Gasteiger partial charge in [0.2, 0.25) is 0 Å². The zero-order chi connectivity index (χ0) is 13.9. The maximum Gasteiger partial charge on any atom is 0.252 e. The third kappa shape index (κ3) is 3.72. The molecule has 1 unspecified atom stereocenters. The van der Waals surface area contributed by atoms with Gasteiger partial charge in [0, 0.05) is 23.8 Å². The van der Waals surface area contributed by atoms with E-state index >= 15 is 0 Å². The average molecular weight is 322 g/mol. The molecule has 1 atom stereocenters. The molecule has 1 aliphatic rings. The van der Waals surface area contributed by atoms with E-state index in [-0.39, 0.29) is 0 Å². The van der Waals surface area contributed by atoms with E-state index in [4.69, 9.17) is 11.6 Å². The van der Waals surface area contributed by atoms with Gasteiger partial charge in [-0.15, -0.1) is 22.9 Å². The maximum atomic E-state index is 12.6. The molecule has 1 fully saturated rings. The van der Waals surface area contributed by atoms with Gasteiger partial charge in [-0.1, -0.05) is 6.92 Å². The lowest BCUT2D eigenvalue weighted by molar-refractivity contribution is 0.418. The smallest absolute Gasteiger partial charge is 0.206 e. The summed E-state index contributed by atoms with van der Waals surface area (Å²) in [5, 5.41) is 0. The number of sulfonamides is 1. The predicted molar refractivity (Wildman–Crippen MR) is 80.5 cm³/mol. The number of aryl methyl sites for hydroxylation is 1. The molecule has 2 rings (SSSR count). The fourth-order valence-electron chi connectivity index (χ4n) is 2.33. The Balaban J connectivity index is 2.15. The number of hydrogen-bond donors (Lipinski definition) is 0. The van der Waals surface area contributed by atoms with Crippen LogP contribution in [0.3, 0.4) is 0 Å². The molecule has 0 aliphatic carbocycles. The summed E-state index contributed by atoms with van der Waals surface area (Å²) in [5.74, 6) is 1.15. The summed E-state index contributed by atoms with van der Waals surface area (Å²) in [4.78, 5) is 1.04. The van der Waals surface area contributed by atoms with E-state index in [0.29, 0.717) is 29.1 Å². The van der Waals surface area contributed by atoms with Gasteiger partial charge in [-0.2, -0.15) is 4.31 Å². The van der Waals surface area contributed by atoms with Crippen molar-refractivity contribution in [3.63, 3.8) is 0 Å². The lowest BCUT2D eigenvalue weighted by Gasteiger charge is -2.18. The second-order valence-corrected chi connectivity index (χ2v) is 8.81. The molecule has 19 heavy (non-hydrogen) atoms. The molecule has 0 aromatic carbocycles. The van der Waals surface area contributed by atoms with Crippen LogP contribution < -0.4 is 0 Å². The quantitative estimate of drug-likeness (QED) is 0.798. The van der Waals surface area contributed by atoms with Gasteiger partial charge in [0.05, 0.1) is 0 Å². The molecular formula is C13H20ClNO2S2. The Kier molecular flexibility index (Phi) is 5.29. The van der Waals surface area contributed by atoms with Gasteiger partial charge in [0.25, 0.3) is 10.0 Å². The fraction of sp³-hybridized carbons (Fsp3) is 0.692. The van der Waals surface area contributed by atoms with Gasteiger partial charge in [0.1, 0.15) is 4.21 Å². The average Bonchev–Trinajstić information content (AvgIpc) is 2.72. The highest BCUT2D eigenvalue weighted by molar-refractivity contribution is 7.91. The van der Waals surface area contributed by atoms with Crippen LogP contribution in [0.2, 0.25) is 0 Å². The van der Waals surface area contributed by atoms with Crippen LogP contribution in [0.25, 0.3) is 0 Å². The molecule has 0 saturated carbocycles. The first-order valence-corrected chi connectivity index (χ1v) is 9.48. The molecule has 3 nitrogen and oxygen atoms in total. The molecule has 1 aliphatic heterocycles. The zero-order valence-corrected chi connectivity index (χ0v) is 13.5. The first kappa shape index (κ1) is 15.3. The molecule has 0 bridgehead atoms. The van der Waals surface area contributed by atoms with Crippen LogP contribution in [-0.4, -0.2) is 31.7 Å². The van der Waals surface area contributed by atoms with E-state index < -0.39 is 10.0 Å². The van der Waals surface area contributed by atoms with Crippen LogP contribution in [0.5, 0.6) is 0 Å². The second-order valence-electron chi connectivity index (χ2n) is 5.10. The summed E-state index contributed by atoms with van der Waals surface area (Å²) < 4.78 is 27.2. The third-order valence-corrected chi connectivity index (χ3v) is 7.25. The van der Waals surface area contributed by atoms with Crippen molar-refractivity contribution in [2.75, 3.05) is 19.0 Å². The van der Waals surface area contributed by atoms with Gasteiger partial charge in [-0.05, 0) is 43.7 Å². The van der Waals surface area contributed by atoms with Crippen molar-refractivity contribution < 1.29 is 8.42 Å². The van der Waals surface area contributed by atoms with Crippen LogP contribution in [0.1, 0.15) is 31.1 Å². The summed E-state index contributed by atoms with van der Waals surface area (Å²) >= 11 is 7.04. The molecular weight excluding hydrogens is 302 g/mol. The molecule has 0 radical (unpaired) electrons. The topological polar surface area (TPSA) is 37.4 Å². The number of nitrogens with zero attached hydrogens (tertiary/aromatic N) is 1. The highest BCUT2D eigenvalue weighted by Gasteiger charge is 2.27. The zero-order valence-electron chi connectivity index (χ0n) is 11.1. The van der Waals surface area contributed by atoms with E-state index in [0.717, 1.165) is 30.6 Å². The van der Waals surface area contributed by atoms with Gasteiger partial charge in [-0.25, -0.2) is 8.42 Å². The minimum absolute atomic E-state index is 0.460. The lowest BCUT2D eigenvalue weighted by atomic mass is 10.0. The Morgan fingerprint density at radius 2 is 2.16 bits per heavy atom. The Hall–Kier alpha value is -0.100. The molecule has 2 heterocycles. The molecule has 1 aromatic rings. The van der Waals surface area contributed by atoms with Crippen molar-refractivity contribution in [3.05, 3.63) is 17.0 Å². The number of hydrogen-bond acceptors (Lipinski definition) is 3. The van der Waals surface area contributed by atoms with Crippen molar-refractivity contribution in [3.8, 4) is 0 Å². The third-order valence-electron chi connectivity index (χ3n) is 3.55. The van der Waals surface area contributed by atoms with Crippen molar-refractivity contribution in [2.45, 2.75) is 36.8 Å². The summed E-state index contributed by atoms with van der Waals surface area (Å²) in [6.45, 7) is 3.49. The minimum Gasteiger partial charge on any atom is -0.206 e. The summed E-state index contributed by atoms with van der Waals surface area (Å²) in [6.07, 6.45) is 3.77. The molecule has 1 saturated heterocycles.